The zero-order valence-corrected chi connectivity index (χ0v) is 13.8. The van der Waals surface area contributed by atoms with Crippen LogP contribution in [0, 0.1) is 0 Å². The Morgan fingerprint density at radius 2 is 1.92 bits per heavy atom. The van der Waals surface area contributed by atoms with Crippen molar-refractivity contribution in [1.82, 2.24) is 0 Å². The minimum absolute atomic E-state index is 0.0978. The molecule has 2 aromatic rings. The number of hydrogen-bond acceptors (Lipinski definition) is 3. The van der Waals surface area contributed by atoms with Crippen molar-refractivity contribution in [2.45, 2.75) is 26.0 Å². The number of methoxy groups -OCH3 is 1. The first-order chi connectivity index (χ1) is 11.6. The molecule has 24 heavy (non-hydrogen) atoms. The molecule has 0 radical (unpaired) electrons. The van der Waals surface area contributed by atoms with Gasteiger partial charge in [0.05, 0.1) is 24.4 Å². The number of ether oxygens (including phenoxy) is 1. The second-order valence-corrected chi connectivity index (χ2v) is 5.88. The van der Waals surface area contributed by atoms with Crippen LogP contribution in [-0.2, 0) is 27.4 Å². The van der Waals surface area contributed by atoms with Crippen LogP contribution >= 0.6 is 0 Å². The molecule has 0 aliphatic carbocycles. The van der Waals surface area contributed by atoms with Crippen LogP contribution < -0.4 is 10.2 Å². The molecule has 1 heterocycles. The van der Waals surface area contributed by atoms with Gasteiger partial charge in [-0.15, -0.1) is 0 Å². The average molecular weight is 324 g/mol. The summed E-state index contributed by atoms with van der Waals surface area (Å²) >= 11 is 0. The SMILES string of the molecule is COCc1cccc(CC(=O)N2c3ccccc3NC(=O)C2C)c1. The topological polar surface area (TPSA) is 58.6 Å². The molecular formula is C19H20N2O3. The van der Waals surface area contributed by atoms with Crippen molar-refractivity contribution < 1.29 is 14.3 Å². The number of rotatable bonds is 4. The lowest BCUT2D eigenvalue weighted by Crippen LogP contribution is -2.49. The Hall–Kier alpha value is -2.66. The Labute approximate surface area is 141 Å². The second-order valence-electron chi connectivity index (χ2n) is 5.88. The van der Waals surface area contributed by atoms with Gasteiger partial charge in [-0.1, -0.05) is 36.4 Å². The minimum atomic E-state index is -0.533. The van der Waals surface area contributed by atoms with E-state index in [1.54, 1.807) is 25.0 Å². The third-order valence-electron chi connectivity index (χ3n) is 4.11. The number of nitrogens with one attached hydrogen (secondary N) is 1. The number of nitrogens with zero attached hydrogens (tertiary/aromatic N) is 1. The van der Waals surface area contributed by atoms with Gasteiger partial charge in [-0.3, -0.25) is 14.5 Å². The van der Waals surface area contributed by atoms with Crippen molar-refractivity contribution >= 4 is 23.2 Å². The first-order valence-electron chi connectivity index (χ1n) is 7.89. The molecule has 1 unspecified atom stereocenters. The molecule has 2 aromatic carbocycles. The average Bonchev–Trinajstić information content (AvgIpc) is 2.56. The van der Waals surface area contributed by atoms with Gasteiger partial charge in [-0.25, -0.2) is 0 Å². The molecule has 0 spiro atoms. The van der Waals surface area contributed by atoms with Gasteiger partial charge >= 0.3 is 0 Å². The molecule has 1 N–H and O–H groups in total. The minimum Gasteiger partial charge on any atom is -0.380 e. The maximum Gasteiger partial charge on any atom is 0.247 e. The third kappa shape index (κ3) is 3.16. The summed E-state index contributed by atoms with van der Waals surface area (Å²) < 4.78 is 5.13. The predicted molar refractivity (Wildman–Crippen MR) is 92.9 cm³/mol. The summed E-state index contributed by atoms with van der Waals surface area (Å²) in [6.07, 6.45) is 0.240. The number of amides is 2. The number of anilines is 2. The Kier molecular flexibility index (Phi) is 4.62. The van der Waals surface area contributed by atoms with Crippen LogP contribution in [0.4, 0.5) is 11.4 Å². The number of hydrogen-bond donors (Lipinski definition) is 1. The van der Waals surface area contributed by atoms with Crippen molar-refractivity contribution in [1.29, 1.82) is 0 Å². The van der Waals surface area contributed by atoms with E-state index in [0.29, 0.717) is 12.3 Å². The van der Waals surface area contributed by atoms with E-state index < -0.39 is 6.04 Å². The molecule has 0 fully saturated rings. The van der Waals surface area contributed by atoms with Crippen LogP contribution in [0.5, 0.6) is 0 Å². The Bertz CT molecular complexity index is 773. The van der Waals surface area contributed by atoms with Gasteiger partial charge in [-0.2, -0.15) is 0 Å². The molecule has 2 amide bonds. The number of fused-ring (bicyclic) bond motifs is 1. The fraction of sp³-hybridized carbons (Fsp3) is 0.263. The zero-order chi connectivity index (χ0) is 17.1. The van der Waals surface area contributed by atoms with Gasteiger partial charge < -0.3 is 10.1 Å². The lowest BCUT2D eigenvalue weighted by atomic mass is 10.0. The highest BCUT2D eigenvalue weighted by Crippen LogP contribution is 2.32. The number of carbonyl (C=O) groups excluding carboxylic acids is 2. The summed E-state index contributed by atoms with van der Waals surface area (Å²) in [4.78, 5) is 26.6. The Balaban J connectivity index is 1.86. The molecule has 0 saturated heterocycles. The maximum absolute atomic E-state index is 12.9. The van der Waals surface area contributed by atoms with Gasteiger partial charge in [-0.05, 0) is 30.2 Å². The summed E-state index contributed by atoms with van der Waals surface area (Å²) in [7, 11) is 1.64. The van der Waals surface area contributed by atoms with E-state index in [4.69, 9.17) is 4.74 Å². The normalized spacial score (nSPS) is 16.5. The highest BCUT2D eigenvalue weighted by Gasteiger charge is 2.33. The van der Waals surface area contributed by atoms with Gasteiger partial charge in [0, 0.05) is 7.11 Å². The monoisotopic (exact) mass is 324 g/mol. The molecule has 0 aromatic heterocycles. The number of para-hydroxylation sites is 2. The van der Waals surface area contributed by atoms with E-state index >= 15 is 0 Å². The smallest absolute Gasteiger partial charge is 0.247 e. The van der Waals surface area contributed by atoms with Crippen molar-refractivity contribution in [2.75, 3.05) is 17.3 Å². The molecule has 1 aliphatic heterocycles. The van der Waals surface area contributed by atoms with Crippen molar-refractivity contribution in [3.05, 3.63) is 59.7 Å². The maximum atomic E-state index is 12.9. The van der Waals surface area contributed by atoms with Gasteiger partial charge in [0.15, 0.2) is 0 Å². The molecule has 124 valence electrons. The van der Waals surface area contributed by atoms with Crippen LogP contribution in [-0.4, -0.2) is 25.0 Å². The summed E-state index contributed by atoms with van der Waals surface area (Å²) in [5.41, 5.74) is 3.34. The van der Waals surface area contributed by atoms with Crippen LogP contribution in [0.25, 0.3) is 0 Å². The van der Waals surface area contributed by atoms with Crippen LogP contribution in [0.3, 0.4) is 0 Å². The molecule has 1 atom stereocenters. The van der Waals surface area contributed by atoms with Crippen molar-refractivity contribution in [3.8, 4) is 0 Å². The highest BCUT2D eigenvalue weighted by atomic mass is 16.5. The molecular weight excluding hydrogens is 304 g/mol. The fourth-order valence-electron chi connectivity index (χ4n) is 2.96. The van der Waals surface area contributed by atoms with Gasteiger partial charge in [0.2, 0.25) is 11.8 Å². The highest BCUT2D eigenvalue weighted by molar-refractivity contribution is 6.12. The Morgan fingerprint density at radius 3 is 2.71 bits per heavy atom. The standard InChI is InChI=1S/C19H20N2O3/c1-13-19(23)20-16-8-3-4-9-17(16)21(13)18(22)11-14-6-5-7-15(10-14)12-24-2/h3-10,13H,11-12H2,1-2H3,(H,20,23). The summed E-state index contributed by atoms with van der Waals surface area (Å²) in [6.45, 7) is 2.25. The van der Waals surface area contributed by atoms with Crippen LogP contribution in [0.15, 0.2) is 48.5 Å². The van der Waals surface area contributed by atoms with Gasteiger partial charge in [0.1, 0.15) is 6.04 Å². The first kappa shape index (κ1) is 16.2. The van der Waals surface area contributed by atoms with E-state index in [0.717, 1.165) is 16.8 Å². The number of carbonyl (C=O) groups is 2. The quantitative estimate of drug-likeness (QED) is 0.941. The van der Waals surface area contributed by atoms with Crippen molar-refractivity contribution in [3.63, 3.8) is 0 Å². The summed E-state index contributed by atoms with van der Waals surface area (Å²) in [5.74, 6) is -0.269. The molecule has 5 heteroatoms. The second kappa shape index (κ2) is 6.84. The lowest BCUT2D eigenvalue weighted by Gasteiger charge is -2.34. The summed E-state index contributed by atoms with van der Waals surface area (Å²) in [5, 5.41) is 2.83. The fourth-order valence-corrected chi connectivity index (χ4v) is 2.96. The van der Waals surface area contributed by atoms with E-state index in [9.17, 15) is 9.59 Å². The Morgan fingerprint density at radius 1 is 1.17 bits per heavy atom. The van der Waals surface area contributed by atoms with E-state index in [-0.39, 0.29) is 18.2 Å². The van der Waals surface area contributed by atoms with Crippen LogP contribution in [0.1, 0.15) is 18.1 Å². The molecule has 5 nitrogen and oxygen atoms in total. The third-order valence-corrected chi connectivity index (χ3v) is 4.11. The van der Waals surface area contributed by atoms with Gasteiger partial charge in [0.25, 0.3) is 0 Å². The summed E-state index contributed by atoms with van der Waals surface area (Å²) in [6, 6.07) is 14.6. The molecule has 3 rings (SSSR count). The van der Waals surface area contributed by atoms with E-state index in [1.807, 2.05) is 42.5 Å². The molecule has 1 aliphatic rings. The zero-order valence-electron chi connectivity index (χ0n) is 13.8. The largest absolute Gasteiger partial charge is 0.380 e. The first-order valence-corrected chi connectivity index (χ1v) is 7.89. The van der Waals surface area contributed by atoms with E-state index in [2.05, 4.69) is 5.32 Å². The van der Waals surface area contributed by atoms with E-state index in [1.165, 1.54) is 0 Å². The lowest BCUT2D eigenvalue weighted by molar-refractivity contribution is -0.123. The molecule has 0 bridgehead atoms. The predicted octanol–water partition coefficient (Wildman–Crippen LogP) is 2.75. The van der Waals surface area contributed by atoms with Crippen molar-refractivity contribution in [2.24, 2.45) is 0 Å². The number of benzene rings is 2. The van der Waals surface area contributed by atoms with Crippen LogP contribution in [0.2, 0.25) is 0 Å². The molecule has 0 saturated carbocycles.